The Labute approximate surface area is 67.4 Å². The zero-order chi connectivity index (χ0) is 8.85. The van der Waals surface area contributed by atoms with E-state index in [0.717, 1.165) is 0 Å². The molecule has 0 aromatic carbocycles. The van der Waals surface area contributed by atoms with Gasteiger partial charge in [0.25, 0.3) is 0 Å². The maximum Gasteiger partial charge on any atom is 0.246 e. The van der Waals surface area contributed by atoms with Crippen molar-refractivity contribution in [2.24, 2.45) is 0 Å². The third-order valence-corrected chi connectivity index (χ3v) is 1.18. The van der Waals surface area contributed by atoms with Crippen LogP contribution in [-0.4, -0.2) is 25.7 Å². The molecule has 0 saturated carbocycles. The molecule has 0 saturated heterocycles. The van der Waals surface area contributed by atoms with Gasteiger partial charge in [0, 0.05) is 18.7 Å². The van der Waals surface area contributed by atoms with Crippen molar-refractivity contribution in [3.63, 3.8) is 0 Å². The fraction of sp³-hybridized carbons (Fsp3) is 0.625. The number of ether oxygens (including phenoxy) is 1. The highest BCUT2D eigenvalue weighted by Gasteiger charge is 2.05. The van der Waals surface area contributed by atoms with Crippen LogP contribution in [0.15, 0.2) is 12.2 Å². The molecule has 0 fully saturated rings. The quantitative estimate of drug-likeness (QED) is 0.610. The summed E-state index contributed by atoms with van der Waals surface area (Å²) >= 11 is 0. The first-order valence-corrected chi connectivity index (χ1v) is 3.53. The number of hydrogen-bond acceptors (Lipinski definition) is 2. The van der Waals surface area contributed by atoms with E-state index in [4.69, 9.17) is 4.74 Å². The van der Waals surface area contributed by atoms with E-state index in [-0.39, 0.29) is 11.9 Å². The Bertz CT molecular complexity index is 154. The van der Waals surface area contributed by atoms with E-state index in [2.05, 4.69) is 11.9 Å². The number of methoxy groups -OCH3 is 1. The molecule has 0 rings (SSSR count). The van der Waals surface area contributed by atoms with Gasteiger partial charge in [-0.1, -0.05) is 6.58 Å². The van der Waals surface area contributed by atoms with Crippen LogP contribution >= 0.6 is 0 Å². The van der Waals surface area contributed by atoms with Gasteiger partial charge in [-0.2, -0.15) is 0 Å². The van der Waals surface area contributed by atoms with Crippen LogP contribution in [0.25, 0.3) is 0 Å². The van der Waals surface area contributed by atoms with Crippen LogP contribution in [0, 0.1) is 0 Å². The maximum atomic E-state index is 11.0. The van der Waals surface area contributed by atoms with Gasteiger partial charge in [0.05, 0.1) is 6.61 Å². The second-order valence-corrected chi connectivity index (χ2v) is 2.61. The van der Waals surface area contributed by atoms with Gasteiger partial charge in [-0.3, -0.25) is 4.79 Å². The van der Waals surface area contributed by atoms with Gasteiger partial charge in [0.1, 0.15) is 0 Å². The molecule has 11 heavy (non-hydrogen) atoms. The Balaban J connectivity index is 3.66. The summed E-state index contributed by atoms with van der Waals surface area (Å²) in [5.41, 5.74) is 0.521. The van der Waals surface area contributed by atoms with Crippen LogP contribution in [0.3, 0.4) is 0 Å². The average molecular weight is 157 g/mol. The van der Waals surface area contributed by atoms with Gasteiger partial charge >= 0.3 is 0 Å². The van der Waals surface area contributed by atoms with E-state index in [1.54, 1.807) is 14.0 Å². The molecule has 1 amide bonds. The summed E-state index contributed by atoms with van der Waals surface area (Å²) in [7, 11) is 1.60. The lowest BCUT2D eigenvalue weighted by molar-refractivity contribution is -0.118. The molecule has 1 N–H and O–H groups in total. The van der Waals surface area contributed by atoms with Crippen LogP contribution in [0.1, 0.15) is 13.8 Å². The average Bonchev–Trinajstić information content (AvgIpc) is 1.87. The van der Waals surface area contributed by atoms with E-state index >= 15 is 0 Å². The zero-order valence-corrected chi connectivity index (χ0v) is 7.31. The topological polar surface area (TPSA) is 38.3 Å². The lowest BCUT2D eigenvalue weighted by Gasteiger charge is -2.11. The standard InChI is InChI=1S/C8H15NO2/c1-6(2)8(10)9-7(3)5-11-4/h7H,1,5H2,2-4H3,(H,9,10). The van der Waals surface area contributed by atoms with Crippen molar-refractivity contribution in [3.8, 4) is 0 Å². The summed E-state index contributed by atoms with van der Waals surface area (Å²) < 4.78 is 4.84. The molecule has 0 heterocycles. The Morgan fingerprint density at radius 1 is 1.73 bits per heavy atom. The monoisotopic (exact) mass is 157 g/mol. The number of carbonyl (C=O) groups excluding carboxylic acids is 1. The summed E-state index contributed by atoms with van der Waals surface area (Å²) in [4.78, 5) is 11.0. The first-order chi connectivity index (χ1) is 5.07. The summed E-state index contributed by atoms with van der Waals surface area (Å²) in [6, 6.07) is 0.0456. The van der Waals surface area contributed by atoms with Crippen molar-refractivity contribution < 1.29 is 9.53 Å². The third-order valence-electron chi connectivity index (χ3n) is 1.18. The first kappa shape index (κ1) is 10.2. The van der Waals surface area contributed by atoms with Gasteiger partial charge in [0.2, 0.25) is 5.91 Å². The lowest BCUT2D eigenvalue weighted by Crippen LogP contribution is -2.35. The molecule has 3 nitrogen and oxygen atoms in total. The highest BCUT2D eigenvalue weighted by Crippen LogP contribution is 1.89. The van der Waals surface area contributed by atoms with E-state index in [0.29, 0.717) is 12.2 Å². The van der Waals surface area contributed by atoms with Crippen LogP contribution in [0.2, 0.25) is 0 Å². The number of amides is 1. The van der Waals surface area contributed by atoms with Crippen molar-refractivity contribution in [1.29, 1.82) is 0 Å². The Morgan fingerprint density at radius 3 is 2.64 bits per heavy atom. The van der Waals surface area contributed by atoms with E-state index in [1.165, 1.54) is 0 Å². The smallest absolute Gasteiger partial charge is 0.246 e. The van der Waals surface area contributed by atoms with Gasteiger partial charge < -0.3 is 10.1 Å². The Morgan fingerprint density at radius 2 is 2.27 bits per heavy atom. The first-order valence-electron chi connectivity index (χ1n) is 3.53. The molecule has 64 valence electrons. The van der Waals surface area contributed by atoms with Crippen LogP contribution < -0.4 is 5.32 Å². The summed E-state index contributed by atoms with van der Waals surface area (Å²) in [6.45, 7) is 7.60. The van der Waals surface area contributed by atoms with Crippen LogP contribution in [-0.2, 0) is 9.53 Å². The van der Waals surface area contributed by atoms with E-state index < -0.39 is 0 Å². The summed E-state index contributed by atoms with van der Waals surface area (Å²) in [5.74, 6) is -0.116. The van der Waals surface area contributed by atoms with Gasteiger partial charge in [0.15, 0.2) is 0 Å². The number of carbonyl (C=O) groups is 1. The largest absolute Gasteiger partial charge is 0.383 e. The lowest BCUT2D eigenvalue weighted by atomic mass is 10.3. The second kappa shape index (κ2) is 4.91. The molecule has 0 aliphatic rings. The fourth-order valence-electron chi connectivity index (χ4n) is 0.639. The predicted octanol–water partition coefficient (Wildman–Crippen LogP) is 0.714. The normalized spacial score (nSPS) is 12.3. The second-order valence-electron chi connectivity index (χ2n) is 2.61. The summed E-state index contributed by atoms with van der Waals surface area (Å²) in [5, 5.41) is 2.72. The maximum absolute atomic E-state index is 11.0. The third kappa shape index (κ3) is 4.56. The van der Waals surface area contributed by atoms with E-state index in [1.807, 2.05) is 6.92 Å². The predicted molar refractivity (Wildman–Crippen MR) is 44.3 cm³/mol. The fourth-order valence-corrected chi connectivity index (χ4v) is 0.639. The van der Waals surface area contributed by atoms with Gasteiger partial charge in [-0.05, 0) is 13.8 Å². The van der Waals surface area contributed by atoms with Crippen molar-refractivity contribution in [2.75, 3.05) is 13.7 Å². The van der Waals surface area contributed by atoms with E-state index in [9.17, 15) is 4.79 Å². The van der Waals surface area contributed by atoms with Crippen molar-refractivity contribution >= 4 is 5.91 Å². The van der Waals surface area contributed by atoms with Crippen molar-refractivity contribution in [3.05, 3.63) is 12.2 Å². The Kier molecular flexibility index (Phi) is 4.54. The zero-order valence-electron chi connectivity index (χ0n) is 7.31. The Hall–Kier alpha value is -0.830. The molecule has 1 unspecified atom stereocenters. The molecule has 0 bridgehead atoms. The molecule has 0 aliphatic carbocycles. The van der Waals surface area contributed by atoms with Crippen LogP contribution in [0.5, 0.6) is 0 Å². The molecule has 3 heteroatoms. The van der Waals surface area contributed by atoms with Crippen LogP contribution in [0.4, 0.5) is 0 Å². The highest BCUT2D eigenvalue weighted by atomic mass is 16.5. The minimum absolute atomic E-state index is 0.0456. The molecule has 1 atom stereocenters. The molecule has 0 aromatic rings. The molecular formula is C8H15NO2. The van der Waals surface area contributed by atoms with Gasteiger partial charge in [-0.15, -0.1) is 0 Å². The van der Waals surface area contributed by atoms with Crippen molar-refractivity contribution in [2.45, 2.75) is 19.9 Å². The number of nitrogens with one attached hydrogen (secondary N) is 1. The molecule has 0 radical (unpaired) electrons. The number of rotatable bonds is 4. The SMILES string of the molecule is C=C(C)C(=O)NC(C)COC. The molecule has 0 spiro atoms. The highest BCUT2D eigenvalue weighted by molar-refractivity contribution is 5.92. The molecule has 0 aliphatic heterocycles. The minimum atomic E-state index is -0.116. The van der Waals surface area contributed by atoms with Crippen molar-refractivity contribution in [1.82, 2.24) is 5.32 Å². The molecular weight excluding hydrogens is 142 g/mol. The number of hydrogen-bond donors (Lipinski definition) is 1. The minimum Gasteiger partial charge on any atom is -0.383 e. The summed E-state index contributed by atoms with van der Waals surface area (Å²) in [6.07, 6.45) is 0. The van der Waals surface area contributed by atoms with Gasteiger partial charge in [-0.25, -0.2) is 0 Å². The molecule has 0 aromatic heterocycles.